The average Bonchev–Trinajstić information content (AvgIpc) is 3.15. The Hall–Kier alpha value is -2.61. The lowest BCUT2D eigenvalue weighted by Gasteiger charge is -2.17. The smallest absolute Gasteiger partial charge is 0.358 e. The molecule has 1 aromatic heterocycles. The first-order valence-corrected chi connectivity index (χ1v) is 9.38. The normalized spacial score (nSPS) is 11.8. The van der Waals surface area contributed by atoms with Crippen LogP contribution in [0.15, 0.2) is 23.6 Å². The third-order valence-corrected chi connectivity index (χ3v) is 4.96. The maximum Gasteiger partial charge on any atom is 0.358 e. The van der Waals surface area contributed by atoms with E-state index in [0.29, 0.717) is 22.4 Å². The Morgan fingerprint density at radius 1 is 1.15 bits per heavy atom. The van der Waals surface area contributed by atoms with E-state index in [1.807, 2.05) is 26.8 Å². The SMILES string of the molecule is COc1ccc(-c2nc(C(=O)OCC(=O)NC(C)C(C)C)cs2)cc1OC. The van der Waals surface area contributed by atoms with Crippen LogP contribution >= 0.6 is 11.3 Å². The molecule has 7 nitrogen and oxygen atoms in total. The molecule has 0 aliphatic rings. The molecule has 0 saturated carbocycles. The average molecular weight is 392 g/mol. The summed E-state index contributed by atoms with van der Waals surface area (Å²) in [5, 5.41) is 5.02. The van der Waals surface area contributed by atoms with Crippen LogP contribution in [0, 0.1) is 5.92 Å². The number of thiazole rings is 1. The second-order valence-corrected chi connectivity index (χ2v) is 7.14. The first kappa shape index (κ1) is 20.7. The quantitative estimate of drug-likeness (QED) is 0.695. The van der Waals surface area contributed by atoms with Crippen molar-refractivity contribution in [1.29, 1.82) is 0 Å². The second-order valence-electron chi connectivity index (χ2n) is 6.28. The zero-order valence-electron chi connectivity index (χ0n) is 16.1. The van der Waals surface area contributed by atoms with Crippen molar-refractivity contribution in [1.82, 2.24) is 10.3 Å². The van der Waals surface area contributed by atoms with Crippen LogP contribution in [0.5, 0.6) is 11.5 Å². The topological polar surface area (TPSA) is 86.8 Å². The van der Waals surface area contributed by atoms with Crippen molar-refractivity contribution in [2.24, 2.45) is 5.92 Å². The summed E-state index contributed by atoms with van der Waals surface area (Å²) >= 11 is 1.30. The Kier molecular flexibility index (Phi) is 7.18. The highest BCUT2D eigenvalue weighted by atomic mass is 32.1. The second kappa shape index (κ2) is 9.36. The molecule has 0 spiro atoms. The Labute approximate surface area is 162 Å². The highest BCUT2D eigenvalue weighted by Crippen LogP contribution is 2.33. The number of carbonyl (C=O) groups is 2. The zero-order valence-corrected chi connectivity index (χ0v) is 16.9. The van der Waals surface area contributed by atoms with E-state index in [1.54, 1.807) is 31.7 Å². The summed E-state index contributed by atoms with van der Waals surface area (Å²) in [5.74, 6) is 0.516. The van der Waals surface area contributed by atoms with Crippen molar-refractivity contribution in [3.63, 3.8) is 0 Å². The summed E-state index contributed by atoms with van der Waals surface area (Å²) in [5.41, 5.74) is 0.953. The first-order valence-electron chi connectivity index (χ1n) is 8.50. The zero-order chi connectivity index (χ0) is 20.0. The van der Waals surface area contributed by atoms with Gasteiger partial charge in [-0.05, 0) is 31.0 Å². The number of rotatable bonds is 8. The lowest BCUT2D eigenvalue weighted by molar-refractivity contribution is -0.125. The summed E-state index contributed by atoms with van der Waals surface area (Å²) in [7, 11) is 3.12. The van der Waals surface area contributed by atoms with Crippen LogP contribution in [-0.2, 0) is 9.53 Å². The Morgan fingerprint density at radius 2 is 1.85 bits per heavy atom. The molecule has 0 bridgehead atoms. The molecule has 1 aromatic carbocycles. The molecular formula is C19H24N2O5S. The molecule has 1 heterocycles. The molecule has 0 aliphatic carbocycles. The van der Waals surface area contributed by atoms with Gasteiger partial charge in [-0.3, -0.25) is 4.79 Å². The lowest BCUT2D eigenvalue weighted by Crippen LogP contribution is -2.38. The predicted molar refractivity (Wildman–Crippen MR) is 103 cm³/mol. The van der Waals surface area contributed by atoms with E-state index >= 15 is 0 Å². The molecule has 1 unspecified atom stereocenters. The van der Waals surface area contributed by atoms with Gasteiger partial charge in [0.15, 0.2) is 23.8 Å². The number of ether oxygens (including phenoxy) is 3. The fourth-order valence-electron chi connectivity index (χ4n) is 2.14. The third kappa shape index (κ3) is 5.43. The fraction of sp³-hybridized carbons (Fsp3) is 0.421. The van der Waals surface area contributed by atoms with Crippen molar-refractivity contribution >= 4 is 23.2 Å². The van der Waals surface area contributed by atoms with Gasteiger partial charge in [0, 0.05) is 17.0 Å². The standard InChI is InChI=1S/C19H24N2O5S/c1-11(2)12(3)20-17(22)9-26-19(23)14-10-27-18(21-14)13-6-7-15(24-4)16(8-13)25-5/h6-8,10-12H,9H2,1-5H3,(H,20,22). The van der Waals surface area contributed by atoms with Crippen molar-refractivity contribution in [2.45, 2.75) is 26.8 Å². The van der Waals surface area contributed by atoms with Crippen molar-refractivity contribution in [3.05, 3.63) is 29.3 Å². The van der Waals surface area contributed by atoms with Gasteiger partial charge in [0.25, 0.3) is 5.91 Å². The summed E-state index contributed by atoms with van der Waals surface area (Å²) in [6.45, 7) is 5.57. The Morgan fingerprint density at radius 3 is 2.48 bits per heavy atom. The van der Waals surface area contributed by atoms with Crippen LogP contribution in [0.25, 0.3) is 10.6 Å². The minimum absolute atomic E-state index is 0.00660. The molecule has 2 rings (SSSR count). The highest BCUT2D eigenvalue weighted by molar-refractivity contribution is 7.13. The van der Waals surface area contributed by atoms with Crippen LogP contribution in [0.3, 0.4) is 0 Å². The van der Waals surface area contributed by atoms with E-state index in [9.17, 15) is 9.59 Å². The predicted octanol–water partition coefficient (Wildman–Crippen LogP) is 3.14. The molecule has 8 heteroatoms. The Balaban J connectivity index is 2.00. The van der Waals surface area contributed by atoms with Crippen LogP contribution < -0.4 is 14.8 Å². The van der Waals surface area contributed by atoms with Crippen molar-refractivity contribution < 1.29 is 23.8 Å². The molecule has 1 amide bonds. The molecule has 27 heavy (non-hydrogen) atoms. The molecule has 1 atom stereocenters. The van der Waals surface area contributed by atoms with Crippen LogP contribution in [0.4, 0.5) is 0 Å². The molecule has 0 saturated heterocycles. The van der Waals surface area contributed by atoms with E-state index in [2.05, 4.69) is 10.3 Å². The number of benzene rings is 1. The van der Waals surface area contributed by atoms with Crippen LogP contribution in [0.1, 0.15) is 31.3 Å². The van der Waals surface area contributed by atoms with Gasteiger partial charge in [-0.15, -0.1) is 11.3 Å². The summed E-state index contributed by atoms with van der Waals surface area (Å²) in [4.78, 5) is 28.2. The molecule has 2 aromatic rings. The number of amides is 1. The number of hydrogen-bond acceptors (Lipinski definition) is 7. The summed E-state index contributed by atoms with van der Waals surface area (Å²) < 4.78 is 15.5. The van der Waals surface area contributed by atoms with Gasteiger partial charge in [0.05, 0.1) is 14.2 Å². The molecule has 146 valence electrons. The van der Waals surface area contributed by atoms with Gasteiger partial charge in [-0.25, -0.2) is 9.78 Å². The van der Waals surface area contributed by atoms with Gasteiger partial charge in [0.2, 0.25) is 0 Å². The number of hydrogen-bond donors (Lipinski definition) is 1. The summed E-state index contributed by atoms with van der Waals surface area (Å²) in [6, 6.07) is 5.39. The van der Waals surface area contributed by atoms with E-state index in [4.69, 9.17) is 14.2 Å². The molecule has 0 fully saturated rings. The lowest BCUT2D eigenvalue weighted by atomic mass is 10.1. The molecule has 1 N–H and O–H groups in total. The molecular weight excluding hydrogens is 368 g/mol. The number of methoxy groups -OCH3 is 2. The van der Waals surface area contributed by atoms with Crippen molar-refractivity contribution in [2.75, 3.05) is 20.8 Å². The van der Waals surface area contributed by atoms with Gasteiger partial charge in [0.1, 0.15) is 5.01 Å². The largest absolute Gasteiger partial charge is 0.493 e. The van der Waals surface area contributed by atoms with E-state index in [1.165, 1.54) is 11.3 Å². The van der Waals surface area contributed by atoms with E-state index in [-0.39, 0.29) is 24.2 Å². The highest BCUT2D eigenvalue weighted by Gasteiger charge is 2.17. The van der Waals surface area contributed by atoms with Gasteiger partial charge in [-0.2, -0.15) is 0 Å². The van der Waals surface area contributed by atoms with E-state index < -0.39 is 5.97 Å². The van der Waals surface area contributed by atoms with Gasteiger partial charge in [-0.1, -0.05) is 13.8 Å². The number of nitrogens with zero attached hydrogens (tertiary/aromatic N) is 1. The van der Waals surface area contributed by atoms with E-state index in [0.717, 1.165) is 5.56 Å². The monoisotopic (exact) mass is 392 g/mol. The Bertz CT molecular complexity index is 803. The maximum atomic E-state index is 12.1. The molecule has 0 aliphatic heterocycles. The van der Waals surface area contributed by atoms with Crippen molar-refractivity contribution in [3.8, 4) is 22.1 Å². The van der Waals surface area contributed by atoms with Gasteiger partial charge >= 0.3 is 5.97 Å². The third-order valence-electron chi connectivity index (χ3n) is 4.07. The summed E-state index contributed by atoms with van der Waals surface area (Å²) in [6.07, 6.45) is 0. The first-order chi connectivity index (χ1) is 12.8. The minimum atomic E-state index is -0.634. The molecule has 0 radical (unpaired) electrons. The minimum Gasteiger partial charge on any atom is -0.493 e. The maximum absolute atomic E-state index is 12.1. The number of aromatic nitrogens is 1. The number of carbonyl (C=O) groups excluding carboxylic acids is 2. The fourth-order valence-corrected chi connectivity index (χ4v) is 2.92. The number of esters is 1. The van der Waals surface area contributed by atoms with Gasteiger partial charge < -0.3 is 19.5 Å². The number of nitrogens with one attached hydrogen (secondary N) is 1. The van der Waals surface area contributed by atoms with Crippen LogP contribution in [-0.4, -0.2) is 43.7 Å². The van der Waals surface area contributed by atoms with Crippen LogP contribution in [0.2, 0.25) is 0 Å².